The fourth-order valence-corrected chi connectivity index (χ4v) is 3.96. The molecule has 1 unspecified atom stereocenters. The van der Waals surface area contributed by atoms with Crippen molar-refractivity contribution in [3.8, 4) is 11.5 Å². The van der Waals surface area contributed by atoms with Crippen molar-refractivity contribution in [1.82, 2.24) is 0 Å². The van der Waals surface area contributed by atoms with Gasteiger partial charge in [-0.25, -0.2) is 4.79 Å². The molecule has 170 valence electrons. The predicted octanol–water partition coefficient (Wildman–Crippen LogP) is 6.76. The number of phenolic OH excluding ortho intramolecular Hbond substituents is 1. The number of rotatable bonds is 3. The number of aromatic hydroxyl groups is 1. The Labute approximate surface area is 197 Å². The summed E-state index contributed by atoms with van der Waals surface area (Å²) in [5.41, 5.74) is 1.32. The van der Waals surface area contributed by atoms with Crippen LogP contribution in [0.25, 0.3) is 6.08 Å². The van der Waals surface area contributed by atoms with Crippen molar-refractivity contribution in [2.45, 2.75) is 58.2 Å². The Morgan fingerprint density at radius 3 is 2.69 bits per heavy atom. The predicted molar refractivity (Wildman–Crippen MR) is 126 cm³/mol. The molecule has 7 heteroatoms. The summed E-state index contributed by atoms with van der Waals surface area (Å²) < 4.78 is 11.3. The first-order valence-corrected chi connectivity index (χ1v) is 11.4. The number of esters is 1. The number of fused-ring (bicyclic) bond motifs is 1. The Balaban J connectivity index is 1.86. The van der Waals surface area contributed by atoms with Gasteiger partial charge in [-0.3, -0.25) is 4.79 Å². The van der Waals surface area contributed by atoms with Gasteiger partial charge in [0, 0.05) is 34.5 Å². The second-order valence-electron chi connectivity index (χ2n) is 7.87. The summed E-state index contributed by atoms with van der Waals surface area (Å²) in [5.74, 6) is -0.216. The molecule has 0 saturated carbocycles. The van der Waals surface area contributed by atoms with Crippen molar-refractivity contribution >= 4 is 41.0 Å². The summed E-state index contributed by atoms with van der Waals surface area (Å²) >= 11 is 12.1. The topological polar surface area (TPSA) is 72.8 Å². The van der Waals surface area contributed by atoms with Crippen LogP contribution in [0.5, 0.6) is 11.5 Å². The molecule has 3 rings (SSSR count). The first kappa shape index (κ1) is 24.1. The fourth-order valence-electron chi connectivity index (χ4n) is 3.50. The third-order valence-electron chi connectivity index (χ3n) is 5.23. The van der Waals surface area contributed by atoms with E-state index in [2.05, 4.69) is 0 Å². The summed E-state index contributed by atoms with van der Waals surface area (Å²) in [4.78, 5) is 24.7. The molecule has 0 aromatic heterocycles. The van der Waals surface area contributed by atoms with Crippen LogP contribution >= 0.6 is 23.2 Å². The van der Waals surface area contributed by atoms with E-state index < -0.39 is 5.97 Å². The number of carbonyl (C=O) groups is 2. The molecule has 1 atom stereocenters. The van der Waals surface area contributed by atoms with Crippen molar-refractivity contribution in [2.75, 3.05) is 0 Å². The number of cyclic esters (lactones) is 1. The van der Waals surface area contributed by atoms with Crippen LogP contribution in [0.15, 0.2) is 36.4 Å². The molecule has 1 aliphatic rings. The zero-order valence-corrected chi connectivity index (χ0v) is 19.4. The van der Waals surface area contributed by atoms with Crippen LogP contribution < -0.4 is 4.74 Å². The van der Waals surface area contributed by atoms with E-state index in [4.69, 9.17) is 32.7 Å². The highest BCUT2D eigenvalue weighted by Gasteiger charge is 2.21. The van der Waals surface area contributed by atoms with Gasteiger partial charge < -0.3 is 14.6 Å². The fraction of sp³-hybridized carbons (Fsp3) is 0.360. The normalized spacial score (nSPS) is 17.9. The third kappa shape index (κ3) is 6.75. The quantitative estimate of drug-likeness (QED) is 0.495. The van der Waals surface area contributed by atoms with Crippen LogP contribution in [-0.2, 0) is 16.1 Å². The van der Waals surface area contributed by atoms with Gasteiger partial charge in [-0.2, -0.15) is 0 Å². The maximum absolute atomic E-state index is 12.8. The average Bonchev–Trinajstić information content (AvgIpc) is 2.72. The summed E-state index contributed by atoms with van der Waals surface area (Å²) in [6.07, 6.45) is 6.97. The zero-order valence-electron chi connectivity index (χ0n) is 17.9. The minimum atomic E-state index is -0.606. The number of phenols is 1. The molecule has 0 bridgehead atoms. The van der Waals surface area contributed by atoms with Crippen LogP contribution in [0, 0.1) is 0 Å². The molecule has 0 fully saturated rings. The van der Waals surface area contributed by atoms with E-state index in [1.54, 1.807) is 37.3 Å². The largest absolute Gasteiger partial charge is 0.507 e. The van der Waals surface area contributed by atoms with Crippen molar-refractivity contribution in [1.29, 1.82) is 0 Å². The number of hydrogen-bond acceptors (Lipinski definition) is 5. The lowest BCUT2D eigenvalue weighted by Crippen LogP contribution is -2.17. The van der Waals surface area contributed by atoms with Gasteiger partial charge in [0.25, 0.3) is 0 Å². The van der Waals surface area contributed by atoms with E-state index in [1.165, 1.54) is 6.07 Å². The second kappa shape index (κ2) is 11.4. The summed E-state index contributed by atoms with van der Waals surface area (Å²) in [6, 6.07) is 8.19. The standard InChI is InChI=1S/C25H26Cl2O5/c1-16-6-5-9-20(28)8-4-2-3-7-17-12-21(14-23(29)24(17)25(30)32-16)31-15-18-10-11-19(26)13-22(18)27/h3,7,10-14,16,29H,2,4-6,8-9,15H2,1H3. The lowest BCUT2D eigenvalue weighted by Gasteiger charge is -2.17. The molecule has 0 spiro atoms. The number of halogens is 2. The molecule has 5 nitrogen and oxygen atoms in total. The Hall–Kier alpha value is -2.50. The number of Topliss-reactive ketones (excluding diaryl/α,β-unsaturated/α-hetero) is 1. The van der Waals surface area contributed by atoms with Gasteiger partial charge in [-0.1, -0.05) is 41.4 Å². The molecule has 2 aromatic rings. The molecule has 1 heterocycles. The molecular weight excluding hydrogens is 451 g/mol. The first-order chi connectivity index (χ1) is 15.3. The molecular formula is C25H26Cl2O5. The lowest BCUT2D eigenvalue weighted by molar-refractivity contribution is -0.119. The van der Waals surface area contributed by atoms with E-state index in [0.717, 1.165) is 12.0 Å². The van der Waals surface area contributed by atoms with Gasteiger partial charge in [-0.05, 0) is 56.4 Å². The van der Waals surface area contributed by atoms with Crippen molar-refractivity contribution in [2.24, 2.45) is 0 Å². The van der Waals surface area contributed by atoms with Gasteiger partial charge in [-0.15, -0.1) is 0 Å². The highest BCUT2D eigenvalue weighted by Crippen LogP contribution is 2.32. The minimum absolute atomic E-state index is 0.0955. The second-order valence-corrected chi connectivity index (χ2v) is 8.72. The average molecular weight is 477 g/mol. The molecule has 1 aliphatic heterocycles. The first-order valence-electron chi connectivity index (χ1n) is 10.7. The van der Waals surface area contributed by atoms with Gasteiger partial charge in [0.05, 0.1) is 6.10 Å². The molecule has 32 heavy (non-hydrogen) atoms. The maximum atomic E-state index is 12.8. The maximum Gasteiger partial charge on any atom is 0.342 e. The number of hydrogen-bond donors (Lipinski definition) is 1. The Morgan fingerprint density at radius 2 is 1.91 bits per heavy atom. The van der Waals surface area contributed by atoms with Gasteiger partial charge in [0.15, 0.2) is 0 Å². The number of ether oxygens (including phenoxy) is 2. The van der Waals surface area contributed by atoms with E-state index in [9.17, 15) is 14.7 Å². The third-order valence-corrected chi connectivity index (χ3v) is 5.82. The Bertz CT molecular complexity index is 1020. The summed E-state index contributed by atoms with van der Waals surface area (Å²) in [7, 11) is 0. The minimum Gasteiger partial charge on any atom is -0.507 e. The van der Waals surface area contributed by atoms with Crippen molar-refractivity contribution in [3.05, 3.63) is 63.1 Å². The number of allylic oxidation sites excluding steroid dienone is 1. The van der Waals surface area contributed by atoms with Crippen molar-refractivity contribution < 1.29 is 24.2 Å². The number of ketones is 1. The SMILES string of the molecule is CC1CCCC(=O)CCCC=Cc2cc(OCc3ccc(Cl)cc3Cl)cc(O)c2C(=O)O1. The van der Waals surface area contributed by atoms with Crippen LogP contribution in [0.1, 0.15) is 66.9 Å². The Kier molecular flexibility index (Phi) is 8.60. The van der Waals surface area contributed by atoms with E-state index >= 15 is 0 Å². The van der Waals surface area contributed by atoms with Gasteiger partial charge >= 0.3 is 5.97 Å². The highest BCUT2D eigenvalue weighted by molar-refractivity contribution is 6.35. The molecule has 0 saturated heterocycles. The van der Waals surface area contributed by atoms with Gasteiger partial charge in [0.2, 0.25) is 0 Å². The number of carbonyl (C=O) groups excluding carboxylic acids is 2. The smallest absolute Gasteiger partial charge is 0.342 e. The van der Waals surface area contributed by atoms with Crippen LogP contribution in [0.3, 0.4) is 0 Å². The Morgan fingerprint density at radius 1 is 1.12 bits per heavy atom. The van der Waals surface area contributed by atoms with E-state index in [-0.39, 0.29) is 29.8 Å². The highest BCUT2D eigenvalue weighted by atomic mass is 35.5. The van der Waals surface area contributed by atoms with Crippen LogP contribution in [0.4, 0.5) is 0 Å². The molecule has 0 amide bonds. The summed E-state index contributed by atoms with van der Waals surface area (Å²) in [6.45, 7) is 1.95. The zero-order chi connectivity index (χ0) is 23.1. The van der Waals surface area contributed by atoms with Crippen LogP contribution in [-0.4, -0.2) is 23.0 Å². The molecule has 2 aromatic carbocycles. The monoisotopic (exact) mass is 476 g/mol. The van der Waals surface area contributed by atoms with Crippen LogP contribution in [0.2, 0.25) is 10.0 Å². The lowest BCUT2D eigenvalue weighted by atomic mass is 10.0. The van der Waals surface area contributed by atoms with Gasteiger partial charge in [0.1, 0.15) is 29.5 Å². The van der Waals surface area contributed by atoms with E-state index in [1.807, 2.05) is 6.08 Å². The van der Waals surface area contributed by atoms with E-state index in [0.29, 0.717) is 53.5 Å². The summed E-state index contributed by atoms with van der Waals surface area (Å²) in [5, 5.41) is 11.6. The van der Waals surface area contributed by atoms with Crippen molar-refractivity contribution in [3.63, 3.8) is 0 Å². The molecule has 0 radical (unpaired) electrons. The molecule has 0 aliphatic carbocycles. The number of benzene rings is 2. The molecule has 1 N–H and O–H groups in total.